The zero-order valence-electron chi connectivity index (χ0n) is 23.9. The van der Waals surface area contributed by atoms with Crippen LogP contribution in [0.2, 0.25) is 0 Å². The molecule has 0 saturated carbocycles. The van der Waals surface area contributed by atoms with Gasteiger partial charge in [-0.25, -0.2) is 14.3 Å². The van der Waals surface area contributed by atoms with Gasteiger partial charge >= 0.3 is 12.1 Å². The van der Waals surface area contributed by atoms with E-state index in [4.69, 9.17) is 9.47 Å². The Bertz CT molecular complexity index is 1630. The highest BCUT2D eigenvalue weighted by molar-refractivity contribution is 6.14. The fourth-order valence-electron chi connectivity index (χ4n) is 4.52. The quantitative estimate of drug-likeness (QED) is 0.174. The largest absolute Gasteiger partial charge is 0.443 e. The first-order valence-corrected chi connectivity index (χ1v) is 13.4. The maximum absolute atomic E-state index is 13.1. The van der Waals surface area contributed by atoms with Crippen LogP contribution >= 0.6 is 0 Å². The van der Waals surface area contributed by atoms with Crippen molar-refractivity contribution in [1.82, 2.24) is 20.2 Å². The molecule has 0 aliphatic rings. The molecule has 0 bridgehead atoms. The van der Waals surface area contributed by atoms with Gasteiger partial charge in [0.2, 0.25) is 0 Å². The van der Waals surface area contributed by atoms with Gasteiger partial charge in [-0.1, -0.05) is 30.3 Å². The number of esters is 1. The molecule has 2 aromatic carbocycles. The number of carbonyl (C=O) groups excluding carboxylic acids is 4. The molecule has 2 N–H and O–H groups in total. The minimum absolute atomic E-state index is 0.207. The maximum atomic E-state index is 13.1. The molecular formula is C31H34N4O6. The van der Waals surface area contributed by atoms with E-state index in [9.17, 15) is 19.2 Å². The van der Waals surface area contributed by atoms with Crippen molar-refractivity contribution in [2.24, 2.45) is 0 Å². The first-order valence-electron chi connectivity index (χ1n) is 13.4. The lowest BCUT2D eigenvalue weighted by atomic mass is 10.1. The van der Waals surface area contributed by atoms with Crippen molar-refractivity contribution in [3.05, 3.63) is 71.5 Å². The third-order valence-corrected chi connectivity index (χ3v) is 6.19. The molecule has 0 aliphatic heterocycles. The molecule has 4 rings (SSSR count). The van der Waals surface area contributed by atoms with Crippen LogP contribution in [0.1, 0.15) is 67.1 Å². The molecule has 2 aromatic heterocycles. The molecule has 0 spiro atoms. The number of pyridine rings is 1. The predicted molar refractivity (Wildman–Crippen MR) is 155 cm³/mol. The highest BCUT2D eigenvalue weighted by atomic mass is 16.6. The minimum Gasteiger partial charge on any atom is -0.443 e. The van der Waals surface area contributed by atoms with Crippen molar-refractivity contribution in [3.63, 3.8) is 0 Å². The minimum atomic E-state index is -0.673. The Labute approximate surface area is 238 Å². The summed E-state index contributed by atoms with van der Waals surface area (Å²) in [7, 11) is 0. The average Bonchev–Trinajstić information content (AvgIpc) is 3.24. The SMILES string of the molecule is CC(=O)Oc1ccccc1C(=O)NCCCCNC(=O)c1cc2c3ccccc3n(C(=O)OC(C)(C)C)c2c(C)n1. The molecule has 41 heavy (non-hydrogen) atoms. The van der Waals surface area contributed by atoms with E-state index >= 15 is 0 Å². The molecular weight excluding hydrogens is 524 g/mol. The predicted octanol–water partition coefficient (Wildman–Crippen LogP) is 5.15. The standard InChI is InChI=1S/C31H34N4O6/c1-19-27-23(21-12-6-8-14-25(21)35(27)30(39)41-31(3,4)5)18-24(34-19)29(38)33-17-11-10-16-32-28(37)22-13-7-9-15-26(22)40-20(2)36/h6-9,12-15,18H,10-11,16-17H2,1-5H3,(H,32,37)(H,33,38). The molecule has 214 valence electrons. The van der Waals surface area contributed by atoms with Crippen molar-refractivity contribution in [3.8, 4) is 5.75 Å². The Kier molecular flexibility index (Phi) is 8.71. The van der Waals surface area contributed by atoms with E-state index < -0.39 is 17.7 Å². The smallest absolute Gasteiger partial charge is 0.419 e. The van der Waals surface area contributed by atoms with E-state index in [0.717, 1.165) is 10.8 Å². The zero-order valence-corrected chi connectivity index (χ0v) is 23.9. The monoisotopic (exact) mass is 558 g/mol. The number of aryl methyl sites for hydroxylation is 1. The summed E-state index contributed by atoms with van der Waals surface area (Å²) in [4.78, 5) is 54.4. The second kappa shape index (κ2) is 12.2. The van der Waals surface area contributed by atoms with Crippen LogP contribution < -0.4 is 15.4 Å². The van der Waals surface area contributed by atoms with Crippen LogP contribution in [0.25, 0.3) is 21.8 Å². The van der Waals surface area contributed by atoms with Gasteiger partial charge in [0.05, 0.1) is 22.3 Å². The molecule has 4 aromatic rings. The van der Waals surface area contributed by atoms with E-state index in [1.165, 1.54) is 11.5 Å². The molecule has 0 aliphatic carbocycles. The summed E-state index contributed by atoms with van der Waals surface area (Å²) in [6.45, 7) is 9.25. The van der Waals surface area contributed by atoms with Crippen molar-refractivity contribution >= 4 is 45.7 Å². The number of benzene rings is 2. The van der Waals surface area contributed by atoms with E-state index in [1.807, 2.05) is 45.0 Å². The highest BCUT2D eigenvalue weighted by Crippen LogP contribution is 2.32. The van der Waals surface area contributed by atoms with Crippen LogP contribution in [0.3, 0.4) is 0 Å². The van der Waals surface area contributed by atoms with Crippen molar-refractivity contribution in [2.75, 3.05) is 13.1 Å². The Balaban J connectivity index is 1.39. The third-order valence-electron chi connectivity index (χ3n) is 6.19. The lowest BCUT2D eigenvalue weighted by molar-refractivity contribution is -0.131. The Morgan fingerprint density at radius 1 is 0.878 bits per heavy atom. The van der Waals surface area contributed by atoms with Crippen molar-refractivity contribution in [2.45, 2.75) is 53.1 Å². The van der Waals surface area contributed by atoms with E-state index in [-0.39, 0.29) is 28.8 Å². The number of aromatic nitrogens is 2. The molecule has 10 nitrogen and oxygen atoms in total. The number of rotatable bonds is 8. The number of unbranched alkanes of at least 4 members (excludes halogenated alkanes) is 1. The second-order valence-electron chi connectivity index (χ2n) is 10.6. The fourth-order valence-corrected chi connectivity index (χ4v) is 4.52. The molecule has 0 saturated heterocycles. The summed E-state index contributed by atoms with van der Waals surface area (Å²) in [5, 5.41) is 7.24. The number of amides is 2. The summed E-state index contributed by atoms with van der Waals surface area (Å²) in [5.74, 6) is -0.967. The lowest BCUT2D eigenvalue weighted by Crippen LogP contribution is -2.28. The number of para-hydroxylation sites is 2. The van der Waals surface area contributed by atoms with Gasteiger partial charge in [-0.2, -0.15) is 0 Å². The number of carbonyl (C=O) groups is 4. The van der Waals surface area contributed by atoms with Gasteiger partial charge in [-0.15, -0.1) is 0 Å². The van der Waals surface area contributed by atoms with Crippen molar-refractivity contribution < 1.29 is 28.7 Å². The van der Waals surface area contributed by atoms with Gasteiger partial charge in [-0.05, 0) is 64.8 Å². The van der Waals surface area contributed by atoms with Gasteiger partial charge in [0.25, 0.3) is 11.8 Å². The maximum Gasteiger partial charge on any atom is 0.419 e. The van der Waals surface area contributed by atoms with Crippen molar-refractivity contribution in [1.29, 1.82) is 0 Å². The second-order valence-corrected chi connectivity index (χ2v) is 10.6. The normalized spacial score (nSPS) is 11.3. The molecule has 10 heteroatoms. The van der Waals surface area contributed by atoms with E-state index in [1.54, 1.807) is 37.3 Å². The molecule has 2 amide bonds. The van der Waals surface area contributed by atoms with Crippen LogP contribution in [-0.2, 0) is 9.53 Å². The highest BCUT2D eigenvalue weighted by Gasteiger charge is 2.24. The summed E-state index contributed by atoms with van der Waals surface area (Å²) in [6, 6.07) is 15.7. The molecule has 0 unspecified atom stereocenters. The van der Waals surface area contributed by atoms with Crippen LogP contribution in [0.15, 0.2) is 54.6 Å². The molecule has 0 radical (unpaired) electrons. The lowest BCUT2D eigenvalue weighted by Gasteiger charge is -2.20. The number of hydrogen-bond acceptors (Lipinski definition) is 7. The summed E-state index contributed by atoms with van der Waals surface area (Å²) < 4.78 is 12.3. The number of fused-ring (bicyclic) bond motifs is 3. The first-order chi connectivity index (χ1) is 19.5. The van der Waals surface area contributed by atoms with Gasteiger partial charge in [0.15, 0.2) is 0 Å². The van der Waals surface area contributed by atoms with Gasteiger partial charge in [0.1, 0.15) is 17.0 Å². The summed E-state index contributed by atoms with van der Waals surface area (Å²) in [5.41, 5.74) is 1.66. The first kappa shape index (κ1) is 29.3. The Morgan fingerprint density at radius 2 is 1.51 bits per heavy atom. The summed E-state index contributed by atoms with van der Waals surface area (Å²) in [6.07, 6.45) is 0.737. The van der Waals surface area contributed by atoms with E-state index in [0.29, 0.717) is 42.7 Å². The van der Waals surface area contributed by atoms with Crippen LogP contribution in [0.4, 0.5) is 4.79 Å². The molecule has 0 fully saturated rings. The van der Waals surface area contributed by atoms with Crippen LogP contribution in [0, 0.1) is 6.92 Å². The number of nitrogens with one attached hydrogen (secondary N) is 2. The number of ether oxygens (including phenoxy) is 2. The third kappa shape index (κ3) is 6.89. The molecule has 0 atom stereocenters. The Morgan fingerprint density at radius 3 is 2.20 bits per heavy atom. The van der Waals surface area contributed by atoms with Gasteiger partial charge < -0.3 is 20.1 Å². The topological polar surface area (TPSA) is 129 Å². The zero-order chi connectivity index (χ0) is 29.7. The average molecular weight is 559 g/mol. The fraction of sp³-hybridized carbons (Fsp3) is 0.323. The number of hydrogen-bond donors (Lipinski definition) is 2. The Hall–Kier alpha value is -4.73. The van der Waals surface area contributed by atoms with E-state index in [2.05, 4.69) is 15.6 Å². The van der Waals surface area contributed by atoms with Gasteiger partial charge in [0, 0.05) is 30.8 Å². The van der Waals surface area contributed by atoms with Crippen LogP contribution in [0.5, 0.6) is 5.75 Å². The van der Waals surface area contributed by atoms with Crippen LogP contribution in [-0.4, -0.2) is 52.1 Å². The number of nitrogens with zero attached hydrogens (tertiary/aromatic N) is 2. The molecule has 2 heterocycles. The van der Waals surface area contributed by atoms with Gasteiger partial charge in [-0.3, -0.25) is 14.4 Å². The summed E-state index contributed by atoms with van der Waals surface area (Å²) >= 11 is 0.